The molecule has 1 aromatic heterocycles. The monoisotopic (exact) mass is 239 g/mol. The van der Waals surface area contributed by atoms with Crippen LogP contribution in [0.3, 0.4) is 0 Å². The number of aryl methyl sites for hydroxylation is 1. The molecule has 0 amide bonds. The van der Waals surface area contributed by atoms with Crippen LogP contribution >= 0.6 is 11.3 Å². The first-order valence-electron chi connectivity index (χ1n) is 6.17. The van der Waals surface area contributed by atoms with Crippen LogP contribution in [0.1, 0.15) is 36.1 Å². The summed E-state index contributed by atoms with van der Waals surface area (Å²) in [6, 6.07) is 0.443. The minimum absolute atomic E-state index is 0.443. The highest BCUT2D eigenvalue weighted by molar-refractivity contribution is 7.11. The highest BCUT2D eigenvalue weighted by atomic mass is 32.1. The van der Waals surface area contributed by atoms with E-state index in [-0.39, 0.29) is 0 Å². The summed E-state index contributed by atoms with van der Waals surface area (Å²) < 4.78 is 0. The van der Waals surface area contributed by atoms with Gasteiger partial charge in [0.25, 0.3) is 0 Å². The average molecular weight is 239 g/mol. The maximum atomic E-state index is 5.89. The quantitative estimate of drug-likeness (QED) is 0.825. The van der Waals surface area contributed by atoms with Crippen LogP contribution in [0.5, 0.6) is 0 Å². The molecule has 0 saturated heterocycles. The van der Waals surface area contributed by atoms with E-state index < -0.39 is 0 Å². The number of nitrogens with one attached hydrogen (secondary N) is 1. The molecule has 2 atom stereocenters. The molecule has 3 nitrogen and oxygen atoms in total. The van der Waals surface area contributed by atoms with Gasteiger partial charge in [-0.05, 0) is 38.1 Å². The smallest absolute Gasteiger partial charge is 0.107 e. The number of thiazole rings is 1. The van der Waals surface area contributed by atoms with Gasteiger partial charge < -0.3 is 11.1 Å². The molecule has 1 fully saturated rings. The third kappa shape index (κ3) is 3.27. The lowest BCUT2D eigenvalue weighted by molar-refractivity contribution is 0.482. The van der Waals surface area contributed by atoms with Crippen LogP contribution in [-0.2, 0) is 13.0 Å². The summed E-state index contributed by atoms with van der Waals surface area (Å²) in [6.07, 6.45) is 6.75. The van der Waals surface area contributed by atoms with Crippen molar-refractivity contribution in [2.75, 3.05) is 6.54 Å². The van der Waals surface area contributed by atoms with Crippen LogP contribution in [-0.4, -0.2) is 17.6 Å². The van der Waals surface area contributed by atoms with Gasteiger partial charge in [0.1, 0.15) is 5.01 Å². The Labute approximate surface area is 101 Å². The van der Waals surface area contributed by atoms with Gasteiger partial charge in [0, 0.05) is 23.7 Å². The van der Waals surface area contributed by atoms with Gasteiger partial charge >= 0.3 is 0 Å². The van der Waals surface area contributed by atoms with Crippen LogP contribution in [0.4, 0.5) is 0 Å². The van der Waals surface area contributed by atoms with Crippen LogP contribution < -0.4 is 11.1 Å². The number of hydrogen-bond donors (Lipinski definition) is 2. The van der Waals surface area contributed by atoms with Crippen molar-refractivity contribution in [2.45, 2.75) is 45.2 Å². The van der Waals surface area contributed by atoms with Gasteiger partial charge in [-0.2, -0.15) is 0 Å². The molecule has 16 heavy (non-hydrogen) atoms. The zero-order chi connectivity index (χ0) is 11.4. The Morgan fingerprint density at radius 1 is 1.56 bits per heavy atom. The molecule has 4 heteroatoms. The molecule has 1 aromatic rings. The van der Waals surface area contributed by atoms with E-state index in [0.717, 1.165) is 25.4 Å². The van der Waals surface area contributed by atoms with Crippen LogP contribution in [0.15, 0.2) is 6.20 Å². The Bertz CT molecular complexity index is 324. The highest BCUT2D eigenvalue weighted by Gasteiger charge is 2.20. The molecule has 0 aromatic carbocycles. The first-order valence-corrected chi connectivity index (χ1v) is 6.99. The minimum atomic E-state index is 0.443. The molecule has 1 saturated carbocycles. The topological polar surface area (TPSA) is 50.9 Å². The number of hydrogen-bond acceptors (Lipinski definition) is 4. The first kappa shape index (κ1) is 12.0. The van der Waals surface area contributed by atoms with Gasteiger partial charge in [0.05, 0.1) is 0 Å². The predicted molar refractivity (Wildman–Crippen MR) is 68.5 cm³/mol. The minimum Gasteiger partial charge on any atom is -0.328 e. The van der Waals surface area contributed by atoms with E-state index in [0.29, 0.717) is 6.04 Å². The first-order chi connectivity index (χ1) is 7.78. The highest BCUT2D eigenvalue weighted by Crippen LogP contribution is 2.23. The fourth-order valence-electron chi connectivity index (χ4n) is 2.28. The van der Waals surface area contributed by atoms with Gasteiger partial charge in [-0.15, -0.1) is 11.3 Å². The van der Waals surface area contributed by atoms with Gasteiger partial charge in [-0.1, -0.05) is 6.92 Å². The fourth-order valence-corrected chi connectivity index (χ4v) is 3.11. The number of nitrogens with zero attached hydrogens (tertiary/aromatic N) is 1. The van der Waals surface area contributed by atoms with Crippen molar-refractivity contribution in [3.05, 3.63) is 16.1 Å². The van der Waals surface area contributed by atoms with E-state index in [2.05, 4.69) is 17.2 Å². The number of nitrogens with two attached hydrogens (primary N) is 1. The third-order valence-corrected chi connectivity index (χ3v) is 4.38. The second kappa shape index (κ2) is 5.75. The second-order valence-corrected chi connectivity index (χ2v) is 5.84. The maximum absolute atomic E-state index is 5.89. The largest absolute Gasteiger partial charge is 0.328 e. The fraction of sp³-hybridized carbons (Fsp3) is 0.750. The van der Waals surface area contributed by atoms with Gasteiger partial charge in [-0.25, -0.2) is 4.98 Å². The van der Waals surface area contributed by atoms with Crippen molar-refractivity contribution >= 4 is 11.3 Å². The lowest BCUT2D eigenvalue weighted by atomic mass is 10.1. The van der Waals surface area contributed by atoms with Crippen molar-refractivity contribution in [3.63, 3.8) is 0 Å². The zero-order valence-electron chi connectivity index (χ0n) is 9.91. The molecule has 0 radical (unpaired) electrons. The molecule has 0 aliphatic heterocycles. The molecule has 3 N–H and O–H groups in total. The molecular weight excluding hydrogens is 218 g/mol. The maximum Gasteiger partial charge on any atom is 0.107 e. The van der Waals surface area contributed by atoms with Crippen LogP contribution in [0, 0.1) is 5.92 Å². The van der Waals surface area contributed by atoms with Crippen molar-refractivity contribution < 1.29 is 0 Å². The average Bonchev–Trinajstić information content (AvgIpc) is 2.88. The molecule has 0 bridgehead atoms. The number of rotatable bonds is 5. The SMILES string of the molecule is CCc1cnc(CNCC2CCC(N)C2)s1. The Hall–Kier alpha value is -0.450. The normalized spacial score (nSPS) is 25.1. The Kier molecular flexibility index (Phi) is 4.32. The van der Waals surface area contributed by atoms with E-state index in [9.17, 15) is 0 Å². The van der Waals surface area contributed by atoms with E-state index >= 15 is 0 Å². The summed E-state index contributed by atoms with van der Waals surface area (Å²) in [7, 11) is 0. The summed E-state index contributed by atoms with van der Waals surface area (Å²) in [5.41, 5.74) is 5.89. The third-order valence-electron chi connectivity index (χ3n) is 3.24. The van der Waals surface area contributed by atoms with Crippen molar-refractivity contribution in [1.82, 2.24) is 10.3 Å². The molecule has 90 valence electrons. The summed E-state index contributed by atoms with van der Waals surface area (Å²) in [5, 5.41) is 4.70. The molecular formula is C12H21N3S. The van der Waals surface area contributed by atoms with Crippen molar-refractivity contribution in [2.24, 2.45) is 11.7 Å². The lowest BCUT2D eigenvalue weighted by Crippen LogP contribution is -2.22. The standard InChI is InChI=1S/C12H21N3S/c1-2-11-7-15-12(16-11)8-14-6-9-3-4-10(13)5-9/h7,9-10,14H,2-6,8,13H2,1H3. The Balaban J connectivity index is 1.67. The Morgan fingerprint density at radius 3 is 3.06 bits per heavy atom. The van der Waals surface area contributed by atoms with Crippen LogP contribution in [0.2, 0.25) is 0 Å². The summed E-state index contributed by atoms with van der Waals surface area (Å²) in [5.74, 6) is 0.778. The van der Waals surface area contributed by atoms with Gasteiger partial charge in [0.2, 0.25) is 0 Å². The second-order valence-electron chi connectivity index (χ2n) is 4.64. The lowest BCUT2D eigenvalue weighted by Gasteiger charge is -2.09. The molecule has 1 aliphatic rings. The summed E-state index contributed by atoms with van der Waals surface area (Å²) in [6.45, 7) is 4.18. The predicted octanol–water partition coefficient (Wildman–Crippen LogP) is 1.92. The molecule has 0 spiro atoms. The summed E-state index contributed by atoms with van der Waals surface area (Å²) >= 11 is 1.82. The Morgan fingerprint density at radius 2 is 2.44 bits per heavy atom. The van der Waals surface area contributed by atoms with Gasteiger partial charge in [0.15, 0.2) is 0 Å². The molecule has 2 rings (SSSR count). The summed E-state index contributed by atoms with van der Waals surface area (Å²) in [4.78, 5) is 5.77. The van der Waals surface area contributed by atoms with E-state index in [4.69, 9.17) is 5.73 Å². The van der Waals surface area contributed by atoms with Crippen molar-refractivity contribution in [1.29, 1.82) is 0 Å². The van der Waals surface area contributed by atoms with Gasteiger partial charge in [-0.3, -0.25) is 0 Å². The van der Waals surface area contributed by atoms with Crippen molar-refractivity contribution in [3.8, 4) is 0 Å². The van der Waals surface area contributed by atoms with E-state index in [1.54, 1.807) is 0 Å². The van der Waals surface area contributed by atoms with E-state index in [1.165, 1.54) is 29.1 Å². The molecule has 1 heterocycles. The van der Waals surface area contributed by atoms with Crippen LogP contribution in [0.25, 0.3) is 0 Å². The van der Waals surface area contributed by atoms with E-state index in [1.807, 2.05) is 17.5 Å². The molecule has 1 aliphatic carbocycles. The number of aromatic nitrogens is 1. The zero-order valence-corrected chi connectivity index (χ0v) is 10.7. The molecule has 2 unspecified atom stereocenters.